The summed E-state index contributed by atoms with van der Waals surface area (Å²) in [4.78, 5) is 11.9. The highest BCUT2D eigenvalue weighted by atomic mass is 16.2. The topological polar surface area (TPSA) is 29.1 Å². The number of carbonyl (C=O) groups excluding carboxylic acids is 1. The van der Waals surface area contributed by atoms with E-state index in [-0.39, 0.29) is 11.8 Å². The van der Waals surface area contributed by atoms with E-state index in [0.717, 1.165) is 18.5 Å². The average molecular weight is 231 g/mol. The largest absolute Gasteiger partial charge is 0.326 e. The number of anilines is 1. The van der Waals surface area contributed by atoms with Crippen LogP contribution in [0.2, 0.25) is 0 Å². The van der Waals surface area contributed by atoms with Gasteiger partial charge in [-0.05, 0) is 36.3 Å². The lowest BCUT2D eigenvalue weighted by Gasteiger charge is -2.15. The molecule has 2 heteroatoms. The maximum atomic E-state index is 11.9. The fourth-order valence-electron chi connectivity index (χ4n) is 2.17. The third kappa shape index (κ3) is 2.68. The van der Waals surface area contributed by atoms with E-state index in [9.17, 15) is 4.79 Å². The van der Waals surface area contributed by atoms with Gasteiger partial charge in [0.25, 0.3) is 0 Å². The standard InChI is InChI=1S/C15H21NO/c1-4-10(2)12-7-5-6-8-14(12)16-15(17)13-9-11(13)3/h5-8,10-11,13H,4,9H2,1-3H3,(H,16,17)/t10-,11+,13-/m1/s1. The SMILES string of the molecule is CC[C@@H](C)c1ccccc1NC(=O)[C@@H]1C[C@@H]1C. The van der Waals surface area contributed by atoms with E-state index in [1.807, 2.05) is 18.2 Å². The zero-order valence-corrected chi connectivity index (χ0v) is 10.9. The molecule has 0 aromatic heterocycles. The fraction of sp³-hybridized carbons (Fsp3) is 0.533. The molecule has 1 saturated carbocycles. The van der Waals surface area contributed by atoms with E-state index < -0.39 is 0 Å². The van der Waals surface area contributed by atoms with E-state index in [0.29, 0.717) is 11.8 Å². The summed E-state index contributed by atoms with van der Waals surface area (Å²) in [6, 6.07) is 8.14. The van der Waals surface area contributed by atoms with Gasteiger partial charge in [-0.3, -0.25) is 4.79 Å². The van der Waals surface area contributed by atoms with E-state index >= 15 is 0 Å². The summed E-state index contributed by atoms with van der Waals surface area (Å²) < 4.78 is 0. The molecular formula is C15H21NO. The molecule has 1 aliphatic rings. The molecule has 0 heterocycles. The maximum Gasteiger partial charge on any atom is 0.227 e. The van der Waals surface area contributed by atoms with Gasteiger partial charge in [0.15, 0.2) is 0 Å². The molecule has 0 radical (unpaired) electrons. The maximum absolute atomic E-state index is 11.9. The molecule has 2 rings (SSSR count). The molecule has 3 atom stereocenters. The van der Waals surface area contributed by atoms with Crippen LogP contribution in [-0.4, -0.2) is 5.91 Å². The van der Waals surface area contributed by atoms with Crippen LogP contribution in [0.1, 0.15) is 45.1 Å². The predicted octanol–water partition coefficient (Wildman–Crippen LogP) is 3.79. The second-order valence-electron chi connectivity index (χ2n) is 5.21. The van der Waals surface area contributed by atoms with E-state index in [2.05, 4.69) is 32.2 Å². The van der Waals surface area contributed by atoms with Gasteiger partial charge in [-0.25, -0.2) is 0 Å². The molecule has 92 valence electrons. The van der Waals surface area contributed by atoms with E-state index in [1.54, 1.807) is 0 Å². The molecule has 0 bridgehead atoms. The third-order valence-electron chi connectivity index (χ3n) is 3.81. The monoisotopic (exact) mass is 231 g/mol. The van der Waals surface area contributed by atoms with E-state index in [1.165, 1.54) is 5.56 Å². The number of carbonyl (C=O) groups is 1. The van der Waals surface area contributed by atoms with Gasteiger partial charge in [0.05, 0.1) is 0 Å². The van der Waals surface area contributed by atoms with Gasteiger partial charge >= 0.3 is 0 Å². The van der Waals surface area contributed by atoms with Crippen molar-refractivity contribution in [3.8, 4) is 0 Å². The average Bonchev–Trinajstić information content (AvgIpc) is 3.06. The number of hydrogen-bond acceptors (Lipinski definition) is 1. The molecule has 1 aromatic carbocycles. The lowest BCUT2D eigenvalue weighted by molar-refractivity contribution is -0.117. The minimum atomic E-state index is 0.188. The van der Waals surface area contributed by atoms with Gasteiger partial charge in [-0.15, -0.1) is 0 Å². The number of amides is 1. The van der Waals surface area contributed by atoms with Crippen molar-refractivity contribution in [2.45, 2.75) is 39.5 Å². The van der Waals surface area contributed by atoms with Crippen LogP contribution in [0.3, 0.4) is 0 Å². The number of para-hydroxylation sites is 1. The predicted molar refractivity (Wildman–Crippen MR) is 71.0 cm³/mol. The molecule has 1 N–H and O–H groups in total. The van der Waals surface area contributed by atoms with Gasteiger partial charge in [0, 0.05) is 11.6 Å². The molecule has 1 fully saturated rings. The van der Waals surface area contributed by atoms with Crippen molar-refractivity contribution < 1.29 is 4.79 Å². The zero-order chi connectivity index (χ0) is 12.4. The highest BCUT2D eigenvalue weighted by molar-refractivity contribution is 5.95. The minimum Gasteiger partial charge on any atom is -0.326 e. The second kappa shape index (κ2) is 4.91. The van der Waals surface area contributed by atoms with Crippen LogP contribution >= 0.6 is 0 Å². The Morgan fingerprint density at radius 3 is 2.71 bits per heavy atom. The lowest BCUT2D eigenvalue weighted by Crippen LogP contribution is -2.16. The zero-order valence-electron chi connectivity index (χ0n) is 10.9. The van der Waals surface area contributed by atoms with Crippen molar-refractivity contribution in [1.82, 2.24) is 0 Å². The molecule has 1 aromatic rings. The van der Waals surface area contributed by atoms with Crippen molar-refractivity contribution in [3.63, 3.8) is 0 Å². The van der Waals surface area contributed by atoms with Gasteiger partial charge in [0.1, 0.15) is 0 Å². The lowest BCUT2D eigenvalue weighted by atomic mass is 9.97. The van der Waals surface area contributed by atoms with Gasteiger partial charge in [-0.2, -0.15) is 0 Å². The number of nitrogens with one attached hydrogen (secondary N) is 1. The van der Waals surface area contributed by atoms with Crippen molar-refractivity contribution in [2.24, 2.45) is 11.8 Å². The van der Waals surface area contributed by atoms with Crippen LogP contribution in [0.15, 0.2) is 24.3 Å². The first-order chi connectivity index (χ1) is 8.13. The number of benzene rings is 1. The van der Waals surface area contributed by atoms with Crippen LogP contribution < -0.4 is 5.32 Å². The second-order valence-corrected chi connectivity index (χ2v) is 5.21. The third-order valence-corrected chi connectivity index (χ3v) is 3.81. The quantitative estimate of drug-likeness (QED) is 0.839. The summed E-state index contributed by atoms with van der Waals surface area (Å²) in [7, 11) is 0. The Morgan fingerprint density at radius 2 is 2.12 bits per heavy atom. The van der Waals surface area contributed by atoms with Crippen LogP contribution in [0, 0.1) is 11.8 Å². The van der Waals surface area contributed by atoms with Crippen molar-refractivity contribution in [1.29, 1.82) is 0 Å². The van der Waals surface area contributed by atoms with Crippen molar-refractivity contribution in [3.05, 3.63) is 29.8 Å². The van der Waals surface area contributed by atoms with Crippen molar-refractivity contribution in [2.75, 3.05) is 5.32 Å². The van der Waals surface area contributed by atoms with Crippen LogP contribution in [-0.2, 0) is 4.79 Å². The normalized spacial score (nSPS) is 24.2. The molecular weight excluding hydrogens is 210 g/mol. The van der Waals surface area contributed by atoms with Crippen LogP contribution in [0.4, 0.5) is 5.69 Å². The molecule has 0 saturated heterocycles. The van der Waals surface area contributed by atoms with Crippen molar-refractivity contribution >= 4 is 11.6 Å². The fourth-order valence-corrected chi connectivity index (χ4v) is 2.17. The molecule has 0 aliphatic heterocycles. The highest BCUT2D eigenvalue weighted by Gasteiger charge is 2.39. The Balaban J connectivity index is 2.12. The summed E-state index contributed by atoms with van der Waals surface area (Å²) in [5.41, 5.74) is 2.24. The summed E-state index contributed by atoms with van der Waals surface area (Å²) in [5, 5.41) is 3.08. The first-order valence-electron chi connectivity index (χ1n) is 6.53. The summed E-state index contributed by atoms with van der Waals surface area (Å²) in [6.45, 7) is 6.50. The molecule has 17 heavy (non-hydrogen) atoms. The number of rotatable bonds is 4. The minimum absolute atomic E-state index is 0.188. The molecule has 1 aliphatic carbocycles. The Morgan fingerprint density at radius 1 is 1.47 bits per heavy atom. The highest BCUT2D eigenvalue weighted by Crippen LogP contribution is 2.39. The summed E-state index contributed by atoms with van der Waals surface area (Å²) >= 11 is 0. The van der Waals surface area contributed by atoms with E-state index in [4.69, 9.17) is 0 Å². The summed E-state index contributed by atoms with van der Waals surface area (Å²) in [6.07, 6.45) is 2.13. The Labute approximate surface area is 103 Å². The smallest absolute Gasteiger partial charge is 0.227 e. The molecule has 2 nitrogen and oxygen atoms in total. The first kappa shape index (κ1) is 12.2. The number of hydrogen-bond donors (Lipinski definition) is 1. The van der Waals surface area contributed by atoms with Crippen LogP contribution in [0.25, 0.3) is 0 Å². The Kier molecular flexibility index (Phi) is 3.51. The van der Waals surface area contributed by atoms with Gasteiger partial charge in [-0.1, -0.05) is 39.0 Å². The summed E-state index contributed by atoms with van der Waals surface area (Å²) in [5.74, 6) is 1.47. The Bertz CT molecular complexity index is 413. The van der Waals surface area contributed by atoms with Gasteiger partial charge < -0.3 is 5.32 Å². The van der Waals surface area contributed by atoms with Crippen LogP contribution in [0.5, 0.6) is 0 Å². The molecule has 1 amide bonds. The molecule has 0 unspecified atom stereocenters. The molecule has 0 spiro atoms. The Hall–Kier alpha value is -1.31. The van der Waals surface area contributed by atoms with Gasteiger partial charge in [0.2, 0.25) is 5.91 Å². The first-order valence-corrected chi connectivity index (χ1v) is 6.53.